The summed E-state index contributed by atoms with van der Waals surface area (Å²) in [6.45, 7) is 9.43. The highest BCUT2D eigenvalue weighted by Gasteiger charge is 2.30. The van der Waals surface area contributed by atoms with Gasteiger partial charge < -0.3 is 15.0 Å². The molecule has 3 aromatic heterocycles. The third kappa shape index (κ3) is 4.29. The van der Waals surface area contributed by atoms with E-state index in [4.69, 9.17) is 10.1 Å². The van der Waals surface area contributed by atoms with Crippen molar-refractivity contribution in [3.05, 3.63) is 23.5 Å². The lowest BCUT2D eigenvalue weighted by Gasteiger charge is -2.34. The molecule has 0 saturated carbocycles. The molecule has 0 radical (unpaired) electrons. The zero-order chi connectivity index (χ0) is 20.3. The zero-order valence-corrected chi connectivity index (χ0v) is 18.0. The Kier molecular flexibility index (Phi) is 6.23. The molecule has 3 heterocycles. The fourth-order valence-electron chi connectivity index (χ4n) is 3.81. The van der Waals surface area contributed by atoms with Crippen LogP contribution in [-0.2, 0) is 6.42 Å². The number of rotatable bonds is 8. The van der Waals surface area contributed by atoms with Crippen molar-refractivity contribution >= 4 is 38.7 Å². The van der Waals surface area contributed by atoms with Crippen LogP contribution in [0.25, 0.3) is 21.3 Å². The van der Waals surface area contributed by atoms with Crippen LogP contribution in [0.2, 0.25) is 0 Å². The maximum Gasteiger partial charge on any atom is 0.404 e. The molecule has 1 unspecified atom stereocenters. The molecule has 0 spiro atoms. The molecule has 2 N–H and O–H groups in total. The van der Waals surface area contributed by atoms with Gasteiger partial charge >= 0.3 is 6.09 Å². The number of aryl methyl sites for hydroxylation is 1. The third-order valence-electron chi connectivity index (χ3n) is 5.19. The topological polar surface area (TPSA) is 80.0 Å². The van der Waals surface area contributed by atoms with E-state index in [2.05, 4.69) is 54.0 Å². The van der Waals surface area contributed by atoms with Crippen LogP contribution in [0.15, 0.2) is 17.6 Å². The third-order valence-corrected chi connectivity index (χ3v) is 6.10. The average Bonchev–Trinajstić information content (AvgIpc) is 3.22. The van der Waals surface area contributed by atoms with Crippen molar-refractivity contribution in [3.63, 3.8) is 0 Å². The van der Waals surface area contributed by atoms with Gasteiger partial charge in [0, 0.05) is 19.0 Å². The minimum absolute atomic E-state index is 0.0185. The first-order valence-corrected chi connectivity index (χ1v) is 10.9. The van der Waals surface area contributed by atoms with Gasteiger partial charge in [0.25, 0.3) is 0 Å². The van der Waals surface area contributed by atoms with Gasteiger partial charge in [-0.05, 0) is 36.1 Å². The molecule has 3 rings (SSSR count). The van der Waals surface area contributed by atoms with Crippen LogP contribution in [0.1, 0.15) is 65.2 Å². The number of aromatic nitrogens is 3. The number of nitrogens with zero attached hydrogens (tertiary/aromatic N) is 3. The molecule has 0 aliphatic rings. The number of fused-ring (bicyclic) bond motifs is 3. The number of nitrogens with one attached hydrogen (secondary N) is 1. The van der Waals surface area contributed by atoms with Crippen molar-refractivity contribution in [2.24, 2.45) is 5.41 Å². The SMILES string of the molecule is CCCCc1nc2cnc3ccsc3c2n1C(CCCNC(=O)O)C(C)(C)C. The Labute approximate surface area is 170 Å². The molecule has 0 aromatic carbocycles. The van der Waals surface area contributed by atoms with Crippen molar-refractivity contribution in [1.82, 2.24) is 19.9 Å². The molecule has 0 saturated heterocycles. The predicted octanol–water partition coefficient (Wildman–Crippen LogP) is 5.62. The highest BCUT2D eigenvalue weighted by Crippen LogP contribution is 2.40. The van der Waals surface area contributed by atoms with Gasteiger partial charge in [-0.2, -0.15) is 0 Å². The first-order valence-electron chi connectivity index (χ1n) is 10.0. The highest BCUT2D eigenvalue weighted by molar-refractivity contribution is 7.18. The van der Waals surface area contributed by atoms with Crippen LogP contribution in [0.3, 0.4) is 0 Å². The van der Waals surface area contributed by atoms with Crippen molar-refractivity contribution < 1.29 is 9.90 Å². The van der Waals surface area contributed by atoms with Crippen LogP contribution in [-0.4, -0.2) is 32.3 Å². The second kappa shape index (κ2) is 8.47. The Bertz CT molecular complexity index is 955. The fourth-order valence-corrected chi connectivity index (χ4v) is 4.70. The van der Waals surface area contributed by atoms with Crippen LogP contribution >= 0.6 is 11.3 Å². The lowest BCUT2D eigenvalue weighted by atomic mass is 9.83. The summed E-state index contributed by atoms with van der Waals surface area (Å²) in [5.74, 6) is 1.12. The predicted molar refractivity (Wildman–Crippen MR) is 115 cm³/mol. The lowest BCUT2D eigenvalue weighted by Crippen LogP contribution is -2.28. The molecule has 0 fully saturated rings. The summed E-state index contributed by atoms with van der Waals surface area (Å²) < 4.78 is 3.62. The van der Waals surface area contributed by atoms with Gasteiger partial charge in [0.05, 0.1) is 21.9 Å². The van der Waals surface area contributed by atoms with E-state index in [1.54, 1.807) is 11.3 Å². The second-order valence-corrected chi connectivity index (χ2v) is 9.30. The molecule has 28 heavy (non-hydrogen) atoms. The minimum atomic E-state index is -0.963. The largest absolute Gasteiger partial charge is 0.465 e. The van der Waals surface area contributed by atoms with E-state index in [1.807, 2.05) is 6.20 Å². The van der Waals surface area contributed by atoms with Gasteiger partial charge in [-0.3, -0.25) is 4.98 Å². The quantitative estimate of drug-likeness (QED) is 0.479. The molecule has 0 aliphatic carbocycles. The number of imidazole rings is 1. The molecular weight excluding hydrogens is 372 g/mol. The van der Waals surface area contributed by atoms with Crippen molar-refractivity contribution in [2.45, 2.75) is 65.8 Å². The van der Waals surface area contributed by atoms with Crippen LogP contribution in [0.4, 0.5) is 4.79 Å². The van der Waals surface area contributed by atoms with E-state index >= 15 is 0 Å². The fraction of sp³-hybridized carbons (Fsp3) is 0.571. The Hall–Kier alpha value is -2.15. The second-order valence-electron chi connectivity index (χ2n) is 8.38. The van der Waals surface area contributed by atoms with Crippen molar-refractivity contribution in [3.8, 4) is 0 Å². The van der Waals surface area contributed by atoms with Gasteiger partial charge in [0.2, 0.25) is 0 Å². The Morgan fingerprint density at radius 1 is 1.32 bits per heavy atom. The van der Waals surface area contributed by atoms with Crippen LogP contribution in [0.5, 0.6) is 0 Å². The first kappa shape index (κ1) is 20.6. The monoisotopic (exact) mass is 402 g/mol. The molecule has 3 aromatic rings. The van der Waals surface area contributed by atoms with E-state index in [0.29, 0.717) is 6.54 Å². The summed E-state index contributed by atoms with van der Waals surface area (Å²) in [5, 5.41) is 13.4. The van der Waals surface area contributed by atoms with Gasteiger partial charge in [-0.1, -0.05) is 34.1 Å². The minimum Gasteiger partial charge on any atom is -0.465 e. The number of carbonyl (C=O) groups is 1. The van der Waals surface area contributed by atoms with Gasteiger partial charge in [-0.25, -0.2) is 9.78 Å². The number of pyridine rings is 1. The zero-order valence-electron chi connectivity index (χ0n) is 17.2. The summed E-state index contributed by atoms with van der Waals surface area (Å²) in [6.07, 6.45) is 5.78. The maximum atomic E-state index is 10.8. The van der Waals surface area contributed by atoms with Crippen molar-refractivity contribution in [2.75, 3.05) is 6.54 Å². The van der Waals surface area contributed by atoms with Crippen molar-refractivity contribution in [1.29, 1.82) is 0 Å². The molecule has 1 amide bonds. The van der Waals surface area contributed by atoms with Crippen LogP contribution in [0, 0.1) is 5.41 Å². The van der Waals surface area contributed by atoms with E-state index in [1.165, 1.54) is 10.2 Å². The molecule has 0 bridgehead atoms. The number of amides is 1. The normalized spacial score (nSPS) is 13.3. The molecule has 6 nitrogen and oxygen atoms in total. The maximum absolute atomic E-state index is 10.8. The Morgan fingerprint density at radius 3 is 2.79 bits per heavy atom. The molecule has 7 heteroatoms. The summed E-state index contributed by atoms with van der Waals surface area (Å²) >= 11 is 1.72. The standard InChI is InChI=1S/C21H30N4O2S/c1-5-6-9-17-24-15-13-23-14-10-12-28-19(14)18(15)25(17)16(21(2,3)4)8-7-11-22-20(26)27/h10,12-13,16,22H,5-9,11H2,1-4H3,(H,26,27). The van der Waals surface area contributed by atoms with Gasteiger partial charge in [0.1, 0.15) is 11.3 Å². The highest BCUT2D eigenvalue weighted by atomic mass is 32.1. The van der Waals surface area contributed by atoms with Gasteiger partial charge in [-0.15, -0.1) is 11.3 Å². The Morgan fingerprint density at radius 2 is 2.11 bits per heavy atom. The summed E-state index contributed by atoms with van der Waals surface area (Å²) in [6, 6.07) is 2.29. The van der Waals surface area contributed by atoms with E-state index in [-0.39, 0.29) is 11.5 Å². The average molecular weight is 403 g/mol. The molecule has 152 valence electrons. The number of unbranched alkanes of at least 4 members (excludes halogenated alkanes) is 1. The van der Waals surface area contributed by atoms with Crippen LogP contribution < -0.4 is 5.32 Å². The summed E-state index contributed by atoms with van der Waals surface area (Å²) in [7, 11) is 0. The smallest absolute Gasteiger partial charge is 0.404 e. The molecule has 1 atom stereocenters. The first-order chi connectivity index (χ1) is 13.3. The van der Waals surface area contributed by atoms with E-state index in [9.17, 15) is 4.79 Å². The van der Waals surface area contributed by atoms with E-state index in [0.717, 1.165) is 49.0 Å². The van der Waals surface area contributed by atoms with E-state index < -0.39 is 6.09 Å². The number of hydrogen-bond acceptors (Lipinski definition) is 4. The molecular formula is C21H30N4O2S. The number of carboxylic acid groups (broad SMARTS) is 1. The number of thiophene rings is 1. The number of hydrogen-bond donors (Lipinski definition) is 2. The molecule has 0 aliphatic heterocycles. The lowest BCUT2D eigenvalue weighted by molar-refractivity contribution is 0.192. The van der Waals surface area contributed by atoms with Gasteiger partial charge in [0.15, 0.2) is 0 Å². The Balaban J connectivity index is 2.09. The summed E-state index contributed by atoms with van der Waals surface area (Å²) in [5.41, 5.74) is 3.17. The summed E-state index contributed by atoms with van der Waals surface area (Å²) in [4.78, 5) is 20.3.